The molecule has 1 aliphatic heterocycles. The van der Waals surface area contributed by atoms with Crippen molar-refractivity contribution in [2.24, 2.45) is 11.8 Å². The summed E-state index contributed by atoms with van der Waals surface area (Å²) in [6.45, 7) is -0.505. The highest BCUT2D eigenvalue weighted by Crippen LogP contribution is 2.38. The molecule has 0 aromatic heterocycles. The second-order valence-electron chi connectivity index (χ2n) is 6.50. The van der Waals surface area contributed by atoms with Gasteiger partial charge in [-0.05, 0) is 31.0 Å². The lowest BCUT2D eigenvalue weighted by Gasteiger charge is -2.19. The summed E-state index contributed by atoms with van der Waals surface area (Å²) in [5.74, 6) is -2.24. The van der Waals surface area contributed by atoms with Crippen molar-refractivity contribution in [3.63, 3.8) is 0 Å². The molecule has 0 spiro atoms. The Morgan fingerprint density at radius 1 is 1.15 bits per heavy atom. The minimum Gasteiger partial charge on any atom is -0.325 e. The zero-order chi connectivity index (χ0) is 19.1. The van der Waals surface area contributed by atoms with Gasteiger partial charge in [-0.15, -0.1) is 0 Å². The number of amides is 3. The molecule has 5 nitrogen and oxygen atoms in total. The van der Waals surface area contributed by atoms with Crippen LogP contribution >= 0.6 is 11.6 Å². The Morgan fingerprint density at radius 3 is 2.27 bits per heavy atom. The average Bonchev–Trinajstić information content (AvgIpc) is 2.81. The highest BCUT2D eigenvalue weighted by atomic mass is 35.5. The van der Waals surface area contributed by atoms with E-state index in [1.165, 1.54) is 6.07 Å². The van der Waals surface area contributed by atoms with Gasteiger partial charge in [0.2, 0.25) is 17.7 Å². The van der Waals surface area contributed by atoms with Crippen LogP contribution in [0.15, 0.2) is 18.2 Å². The van der Waals surface area contributed by atoms with Gasteiger partial charge in [-0.2, -0.15) is 13.2 Å². The monoisotopic (exact) mass is 388 g/mol. The summed E-state index contributed by atoms with van der Waals surface area (Å²) in [6.07, 6.45) is -1.68. The molecule has 2 fully saturated rings. The third-order valence-corrected chi connectivity index (χ3v) is 5.12. The van der Waals surface area contributed by atoms with Gasteiger partial charge >= 0.3 is 6.18 Å². The van der Waals surface area contributed by atoms with Crippen molar-refractivity contribution < 1.29 is 27.6 Å². The zero-order valence-corrected chi connectivity index (χ0v) is 14.4. The average molecular weight is 389 g/mol. The number of hydrogen-bond acceptors (Lipinski definition) is 3. The fourth-order valence-electron chi connectivity index (χ4n) is 3.55. The van der Waals surface area contributed by atoms with Crippen LogP contribution in [0.1, 0.15) is 31.2 Å². The van der Waals surface area contributed by atoms with Gasteiger partial charge in [0.15, 0.2) is 0 Å². The highest BCUT2D eigenvalue weighted by molar-refractivity contribution is 6.31. The van der Waals surface area contributed by atoms with Gasteiger partial charge in [-0.1, -0.05) is 24.4 Å². The minimum absolute atomic E-state index is 0.108. The summed E-state index contributed by atoms with van der Waals surface area (Å²) in [7, 11) is 0. The molecule has 2 aliphatic rings. The quantitative estimate of drug-likeness (QED) is 0.806. The Hall–Kier alpha value is -2.09. The molecule has 1 saturated heterocycles. The number of fused-ring (bicyclic) bond motifs is 1. The van der Waals surface area contributed by atoms with E-state index in [4.69, 9.17) is 11.6 Å². The molecule has 1 heterocycles. The van der Waals surface area contributed by atoms with Crippen LogP contribution in [0.2, 0.25) is 5.02 Å². The summed E-state index contributed by atoms with van der Waals surface area (Å²) >= 11 is 5.53. The van der Waals surface area contributed by atoms with Crippen molar-refractivity contribution in [2.75, 3.05) is 11.9 Å². The Labute approximate surface area is 152 Å². The van der Waals surface area contributed by atoms with Gasteiger partial charge in [0.1, 0.15) is 6.54 Å². The lowest BCUT2D eigenvalue weighted by molar-refractivity contribution is -0.142. The molecule has 1 saturated carbocycles. The summed E-state index contributed by atoms with van der Waals surface area (Å²) in [4.78, 5) is 37.7. The van der Waals surface area contributed by atoms with E-state index < -0.39 is 29.2 Å². The fourth-order valence-corrected chi connectivity index (χ4v) is 3.78. The maximum atomic E-state index is 12.9. The maximum absolute atomic E-state index is 12.9. The van der Waals surface area contributed by atoms with E-state index in [1.54, 1.807) is 0 Å². The molecular formula is C17H16ClF3N2O3. The summed E-state index contributed by atoms with van der Waals surface area (Å²) in [5, 5.41) is 1.81. The third kappa shape index (κ3) is 3.56. The van der Waals surface area contributed by atoms with Crippen molar-refractivity contribution in [3.8, 4) is 0 Å². The van der Waals surface area contributed by atoms with Crippen molar-refractivity contribution in [3.05, 3.63) is 28.8 Å². The van der Waals surface area contributed by atoms with E-state index in [0.717, 1.165) is 23.8 Å². The SMILES string of the molecule is O=C(CN1C(=O)C2CCCCC2C1=O)Nc1ccc(Cl)c(C(F)(F)F)c1. The molecule has 140 valence electrons. The number of carbonyl (C=O) groups is 3. The number of anilines is 1. The number of benzene rings is 1. The van der Waals surface area contributed by atoms with Gasteiger partial charge in [-0.25, -0.2) is 0 Å². The lowest BCUT2D eigenvalue weighted by Crippen LogP contribution is -2.38. The van der Waals surface area contributed by atoms with Gasteiger partial charge in [-0.3, -0.25) is 19.3 Å². The first-order valence-electron chi connectivity index (χ1n) is 8.20. The van der Waals surface area contributed by atoms with Crippen LogP contribution in [-0.4, -0.2) is 29.2 Å². The van der Waals surface area contributed by atoms with Crippen LogP contribution in [-0.2, 0) is 20.6 Å². The van der Waals surface area contributed by atoms with E-state index in [9.17, 15) is 27.6 Å². The predicted molar refractivity (Wildman–Crippen MR) is 87.3 cm³/mol. The topological polar surface area (TPSA) is 66.5 Å². The largest absolute Gasteiger partial charge is 0.417 e. The molecule has 1 aliphatic carbocycles. The molecule has 2 unspecified atom stereocenters. The van der Waals surface area contributed by atoms with Crippen LogP contribution in [0.25, 0.3) is 0 Å². The highest BCUT2D eigenvalue weighted by Gasteiger charge is 2.48. The van der Waals surface area contributed by atoms with Crippen LogP contribution < -0.4 is 5.32 Å². The normalized spacial score (nSPS) is 23.2. The van der Waals surface area contributed by atoms with Gasteiger partial charge in [0.25, 0.3) is 0 Å². The van der Waals surface area contributed by atoms with Gasteiger partial charge < -0.3 is 5.32 Å². The van der Waals surface area contributed by atoms with Crippen LogP contribution in [0.4, 0.5) is 18.9 Å². The number of carbonyl (C=O) groups excluding carboxylic acids is 3. The molecule has 3 rings (SSSR count). The lowest BCUT2D eigenvalue weighted by atomic mass is 9.81. The first-order chi connectivity index (χ1) is 12.2. The number of nitrogens with one attached hydrogen (secondary N) is 1. The number of halogens is 4. The molecule has 1 N–H and O–H groups in total. The minimum atomic E-state index is -4.66. The second-order valence-corrected chi connectivity index (χ2v) is 6.91. The fraction of sp³-hybridized carbons (Fsp3) is 0.471. The van der Waals surface area contributed by atoms with Crippen LogP contribution in [0, 0.1) is 11.8 Å². The second kappa shape index (κ2) is 6.90. The Bertz CT molecular complexity index is 742. The van der Waals surface area contributed by atoms with Crippen molar-refractivity contribution in [1.82, 2.24) is 4.90 Å². The Morgan fingerprint density at radius 2 is 1.73 bits per heavy atom. The molecule has 0 bridgehead atoms. The molecule has 9 heteroatoms. The molecule has 1 aromatic rings. The number of rotatable bonds is 3. The molecule has 2 atom stereocenters. The first-order valence-corrected chi connectivity index (χ1v) is 8.58. The van der Waals surface area contributed by atoms with Crippen LogP contribution in [0.3, 0.4) is 0 Å². The maximum Gasteiger partial charge on any atom is 0.417 e. The Balaban J connectivity index is 1.70. The van der Waals surface area contributed by atoms with E-state index in [2.05, 4.69) is 5.32 Å². The van der Waals surface area contributed by atoms with E-state index in [0.29, 0.717) is 18.9 Å². The summed E-state index contributed by atoms with van der Waals surface area (Å²) in [5.41, 5.74) is -1.18. The Kier molecular flexibility index (Phi) is 4.96. The van der Waals surface area contributed by atoms with Gasteiger partial charge in [0.05, 0.1) is 22.4 Å². The van der Waals surface area contributed by atoms with E-state index in [-0.39, 0.29) is 29.3 Å². The molecule has 0 radical (unpaired) electrons. The van der Waals surface area contributed by atoms with Crippen molar-refractivity contribution in [1.29, 1.82) is 0 Å². The summed E-state index contributed by atoms with van der Waals surface area (Å²) in [6, 6.07) is 2.97. The standard InChI is InChI=1S/C17H16ClF3N2O3/c18-13-6-5-9(7-12(13)17(19,20)21)22-14(24)8-23-15(25)10-3-1-2-4-11(10)16(23)26/h5-7,10-11H,1-4,8H2,(H,22,24). The van der Waals surface area contributed by atoms with Crippen LogP contribution in [0.5, 0.6) is 0 Å². The van der Waals surface area contributed by atoms with Gasteiger partial charge in [0, 0.05) is 5.69 Å². The molecule has 26 heavy (non-hydrogen) atoms. The number of likely N-dealkylation sites (tertiary alicyclic amines) is 1. The number of imide groups is 1. The van der Waals surface area contributed by atoms with Crippen molar-refractivity contribution >= 4 is 35.0 Å². The third-order valence-electron chi connectivity index (χ3n) is 4.79. The zero-order valence-electron chi connectivity index (χ0n) is 13.6. The van der Waals surface area contributed by atoms with Crippen molar-refractivity contribution in [2.45, 2.75) is 31.9 Å². The molecule has 1 aromatic carbocycles. The molecular weight excluding hydrogens is 373 g/mol. The number of hydrogen-bond donors (Lipinski definition) is 1. The smallest absolute Gasteiger partial charge is 0.325 e. The first kappa shape index (κ1) is 18.7. The van der Waals surface area contributed by atoms with E-state index in [1.807, 2.05) is 0 Å². The summed E-state index contributed by atoms with van der Waals surface area (Å²) < 4.78 is 38.6. The predicted octanol–water partition coefficient (Wildman–Crippen LogP) is 3.47. The number of nitrogens with zero attached hydrogens (tertiary/aromatic N) is 1. The van der Waals surface area contributed by atoms with E-state index >= 15 is 0 Å². The number of alkyl halides is 3. The molecule has 3 amide bonds.